The summed E-state index contributed by atoms with van der Waals surface area (Å²) in [7, 11) is -13.1. The Hall–Kier alpha value is -8.72. The van der Waals surface area contributed by atoms with E-state index >= 15 is 17.2 Å². The first-order valence-electron chi connectivity index (χ1n) is 29.1. The molecule has 5 aliphatic rings. The molecule has 1 amide bonds. The van der Waals surface area contributed by atoms with Gasteiger partial charge in [-0.1, -0.05) is 35.4 Å². The summed E-state index contributed by atoms with van der Waals surface area (Å²) in [4.78, 5) is 44.4. The largest absolute Gasteiger partial charge is 0.480 e. The molecule has 0 bridgehead atoms. The van der Waals surface area contributed by atoms with Gasteiger partial charge in [-0.15, -0.1) is 0 Å². The summed E-state index contributed by atoms with van der Waals surface area (Å²) in [6.45, 7) is 0.588. The van der Waals surface area contributed by atoms with E-state index in [4.69, 9.17) is 20.4 Å². The number of hydrogen-bond acceptors (Lipinski definition) is 14. The number of ketones is 2. The van der Waals surface area contributed by atoms with Crippen LogP contribution in [0.4, 0.5) is 31.5 Å². The fraction of sp³-hybridized carbons (Fsp3) is 0.281. The molecule has 26 heteroatoms. The lowest BCUT2D eigenvalue weighted by Crippen LogP contribution is -2.43. The fourth-order valence-corrected chi connectivity index (χ4v) is 14.9. The van der Waals surface area contributed by atoms with E-state index in [1.54, 1.807) is 36.4 Å². The number of nitrogens with one attached hydrogen (secondary N) is 1. The molecular formula is C64H61F2N8O13S3+. The quantitative estimate of drug-likeness (QED) is 0.00933. The highest BCUT2D eigenvalue weighted by atomic mass is 32.2. The molecule has 0 saturated carbocycles. The Labute approximate surface area is 516 Å². The Balaban J connectivity index is 0.789. The molecule has 1 atom stereocenters. The molecule has 4 heterocycles. The topological polar surface area (TPSA) is 313 Å². The van der Waals surface area contributed by atoms with Crippen molar-refractivity contribution in [3.8, 4) is 28.2 Å². The van der Waals surface area contributed by atoms with Gasteiger partial charge < -0.3 is 25.1 Å². The number of hydrogen-bond donors (Lipinski definition) is 4. The second-order valence-electron chi connectivity index (χ2n) is 22.4. The van der Waals surface area contributed by atoms with E-state index in [1.165, 1.54) is 52.8 Å². The van der Waals surface area contributed by atoms with Gasteiger partial charge in [0.05, 0.1) is 26.8 Å². The molecule has 1 saturated heterocycles. The number of azide groups is 1. The Morgan fingerprint density at radius 2 is 1.52 bits per heavy atom. The third-order valence-corrected chi connectivity index (χ3v) is 20.4. The predicted molar refractivity (Wildman–Crippen MR) is 331 cm³/mol. The number of nitrogens with zero attached hydrogens (tertiary/aromatic N) is 6. The summed E-state index contributed by atoms with van der Waals surface area (Å²) in [5, 5.41) is 7.40. The van der Waals surface area contributed by atoms with Crippen molar-refractivity contribution in [1.82, 2.24) is 14.2 Å². The van der Waals surface area contributed by atoms with Crippen molar-refractivity contribution in [3.05, 3.63) is 183 Å². The molecule has 21 nitrogen and oxygen atoms in total. The molecule has 4 aliphatic heterocycles. The minimum Gasteiger partial charge on any atom is -0.480 e. The maximum absolute atomic E-state index is 15.5. The van der Waals surface area contributed by atoms with Crippen LogP contribution >= 0.6 is 0 Å². The smallest absolute Gasteiger partial charge is 0.294 e. The van der Waals surface area contributed by atoms with Crippen molar-refractivity contribution in [2.45, 2.75) is 84.9 Å². The number of amides is 1. The summed E-state index contributed by atoms with van der Waals surface area (Å²) in [6.07, 6.45) is 3.02. The number of sulfonamides is 1. The summed E-state index contributed by atoms with van der Waals surface area (Å²) in [6, 6.07) is 33.5. The predicted octanol–water partition coefficient (Wildman–Crippen LogP) is 10.1. The van der Waals surface area contributed by atoms with Gasteiger partial charge in [0, 0.05) is 112 Å². The number of fused-ring (bicyclic) bond motifs is 4. The minimum atomic E-state index is -4.45. The van der Waals surface area contributed by atoms with Crippen LogP contribution in [0, 0.1) is 17.6 Å². The number of nitrogens with two attached hydrogens (primary N) is 1. The highest BCUT2D eigenvalue weighted by molar-refractivity contribution is 7.89. The van der Waals surface area contributed by atoms with Crippen LogP contribution in [0.1, 0.15) is 72.0 Å². The standard InChI is InChI=1S/C64H60F2N8O13S3/c65-52-31-39(32-53(66)63(52)86-38-58(76)54(11-3-4-26-67)69-64(77)43-8-6-9-44(33-43)70-71-68)7-5-12-57(75)40-22-27-72(28-23-40)88(78,79)61-13-2-1-10-51(61)62-49-18-14-45(73-29-24-41-34-47(89(80,81)82)16-20-55(41)73)36-59(49)87-60-37-46(15-19-50(60)62)74-30-25-42-35-48(90(83,84)85)17-21-56(42)74/h1-2,6,8-10,13-21,31-37,40,54H,3-5,7,11-12,22-30,38,67H2,(H2-,69,77,80,81,82,83,84,85)/p+1/t54-/m0/s1. The summed E-state index contributed by atoms with van der Waals surface area (Å²) in [5.74, 6) is -4.40. The van der Waals surface area contributed by atoms with Gasteiger partial charge in [-0.3, -0.25) is 23.5 Å². The molecule has 5 N–H and O–H groups in total. The maximum Gasteiger partial charge on any atom is 0.294 e. The number of unbranched alkanes of at least 4 members (excludes halogenated alkanes) is 1. The van der Waals surface area contributed by atoms with Gasteiger partial charge >= 0.3 is 0 Å². The van der Waals surface area contributed by atoms with Crippen molar-refractivity contribution in [2.75, 3.05) is 44.2 Å². The zero-order valence-corrected chi connectivity index (χ0v) is 50.7. The number of Topliss-reactive ketones (excluding diaryl/α,β-unsaturated/α-hetero) is 2. The van der Waals surface area contributed by atoms with Gasteiger partial charge in [-0.05, 0) is 153 Å². The number of halogens is 2. The van der Waals surface area contributed by atoms with Crippen molar-refractivity contribution in [1.29, 1.82) is 0 Å². The molecular weight excluding hydrogens is 1220 g/mol. The lowest BCUT2D eigenvalue weighted by atomic mass is 9.90. The average Bonchev–Trinajstić information content (AvgIpc) is 1.02. The lowest BCUT2D eigenvalue weighted by Gasteiger charge is -2.31. The van der Waals surface area contributed by atoms with Crippen LogP contribution in [0.25, 0.3) is 43.9 Å². The molecule has 466 valence electrons. The minimum absolute atomic E-state index is 0.0178. The zero-order valence-electron chi connectivity index (χ0n) is 48.3. The van der Waals surface area contributed by atoms with Crippen LogP contribution < -0.4 is 30.6 Å². The Bertz CT molecular complexity index is 4620. The van der Waals surface area contributed by atoms with Gasteiger partial charge in [0.25, 0.3) is 26.1 Å². The van der Waals surface area contributed by atoms with Crippen LogP contribution in [-0.2, 0) is 59.1 Å². The van der Waals surface area contributed by atoms with Gasteiger partial charge in [-0.2, -0.15) is 25.7 Å². The van der Waals surface area contributed by atoms with Gasteiger partial charge in [0.15, 0.2) is 29.7 Å². The van der Waals surface area contributed by atoms with E-state index in [2.05, 4.69) is 15.3 Å². The Morgan fingerprint density at radius 3 is 2.26 bits per heavy atom. The second kappa shape index (κ2) is 26.0. The van der Waals surface area contributed by atoms with Crippen LogP contribution in [-0.4, -0.2) is 102 Å². The third-order valence-electron chi connectivity index (χ3n) is 16.7. The Morgan fingerprint density at radius 1 is 0.789 bits per heavy atom. The third kappa shape index (κ3) is 13.3. The van der Waals surface area contributed by atoms with E-state index in [0.717, 1.165) is 23.5 Å². The molecule has 6 aromatic rings. The van der Waals surface area contributed by atoms with E-state index in [0.29, 0.717) is 101 Å². The summed E-state index contributed by atoms with van der Waals surface area (Å²) >= 11 is 0. The number of benzene rings is 7. The number of ether oxygens (including phenoxy) is 1. The van der Waals surface area contributed by atoms with Crippen molar-refractivity contribution < 1.29 is 66.7 Å². The van der Waals surface area contributed by atoms with Crippen LogP contribution in [0.5, 0.6) is 5.75 Å². The molecule has 1 aliphatic carbocycles. The molecule has 11 rings (SSSR count). The van der Waals surface area contributed by atoms with Crippen molar-refractivity contribution in [2.24, 2.45) is 16.8 Å². The fourth-order valence-electron chi connectivity index (χ4n) is 12.2. The van der Waals surface area contributed by atoms with E-state index < -0.39 is 77.9 Å². The van der Waals surface area contributed by atoms with Crippen LogP contribution in [0.2, 0.25) is 0 Å². The first-order chi connectivity index (χ1) is 43.1. The van der Waals surface area contributed by atoms with Gasteiger partial charge in [-0.25, -0.2) is 17.2 Å². The number of rotatable bonds is 22. The van der Waals surface area contributed by atoms with Crippen LogP contribution in [0.3, 0.4) is 0 Å². The number of carbonyl (C=O) groups excluding carboxylic acids is 3. The Kier molecular flexibility index (Phi) is 18.2. The number of aryl methyl sites for hydroxylation is 1. The summed E-state index contributed by atoms with van der Waals surface area (Å²) < 4.78 is 144. The van der Waals surface area contributed by atoms with Crippen LogP contribution in [0.15, 0.2) is 158 Å². The molecule has 0 spiro atoms. The highest BCUT2D eigenvalue weighted by Crippen LogP contribution is 2.45. The molecule has 90 heavy (non-hydrogen) atoms. The van der Waals surface area contributed by atoms with Crippen molar-refractivity contribution in [3.63, 3.8) is 0 Å². The number of piperidine rings is 1. The molecule has 0 aromatic heterocycles. The van der Waals surface area contributed by atoms with Gasteiger partial charge in [0.2, 0.25) is 21.1 Å². The SMILES string of the molecule is [N-]=[N+]=Nc1cccc(C(=O)N[C@@H](CCCCN)C(=O)COc2c(F)cc(CCCC(=O)C3CCN(S(=O)(=O)c4ccccc4-c4c5ccc(=[N+]6CCc7cc(S(=O)(=O)O)ccc76)cc-5oc5cc(N6CCc7cc(S(=O)(=O)O)ccc76)ccc45)CC3)cc2F)c1. The zero-order chi connectivity index (χ0) is 63.6. The maximum atomic E-state index is 15.5. The second-order valence-corrected chi connectivity index (χ2v) is 27.1. The van der Waals surface area contributed by atoms with Crippen molar-refractivity contribution >= 4 is 81.5 Å². The van der Waals surface area contributed by atoms with E-state index in [1.807, 2.05) is 45.9 Å². The molecule has 0 radical (unpaired) electrons. The first kappa shape index (κ1) is 62.9. The summed E-state index contributed by atoms with van der Waals surface area (Å²) in [5.41, 5.74) is 20.5. The molecule has 1 fully saturated rings. The molecule has 0 unspecified atom stereocenters. The number of carbonyl (C=O) groups is 3. The van der Waals surface area contributed by atoms with E-state index in [-0.39, 0.29) is 88.9 Å². The average molecular weight is 1280 g/mol. The number of anilines is 2. The van der Waals surface area contributed by atoms with Gasteiger partial charge in [0.1, 0.15) is 23.7 Å². The highest BCUT2D eigenvalue weighted by Gasteiger charge is 2.36. The van der Waals surface area contributed by atoms with E-state index in [9.17, 15) is 40.3 Å². The normalized spacial score (nSPS) is 15.5. The first-order valence-corrected chi connectivity index (χ1v) is 33.4. The monoisotopic (exact) mass is 1280 g/mol. The lowest BCUT2D eigenvalue weighted by molar-refractivity contribution is -0.124. The molecule has 6 aromatic carbocycles.